The third kappa shape index (κ3) is 7.09. The second kappa shape index (κ2) is 9.76. The summed E-state index contributed by atoms with van der Waals surface area (Å²) in [5.41, 5.74) is 0.179. The largest absolute Gasteiger partial charge is 0.496 e. The van der Waals surface area contributed by atoms with Crippen LogP contribution in [0.5, 0.6) is 5.75 Å². The van der Waals surface area contributed by atoms with Crippen molar-refractivity contribution >= 4 is 27.6 Å². The van der Waals surface area contributed by atoms with Crippen LogP contribution in [0.25, 0.3) is 0 Å². The zero-order valence-electron chi connectivity index (χ0n) is 14.8. The molecule has 0 radical (unpaired) electrons. The lowest BCUT2D eigenvalue weighted by molar-refractivity contribution is -0.150. The number of sulfone groups is 1. The van der Waals surface area contributed by atoms with E-state index < -0.39 is 40.3 Å². The molecule has 2 N–H and O–H groups in total. The molecule has 26 heavy (non-hydrogen) atoms. The Hall–Kier alpha value is -2.62. The van der Waals surface area contributed by atoms with Gasteiger partial charge in [0, 0.05) is 13.3 Å². The molecule has 0 aliphatic carbocycles. The number of benzene rings is 1. The second-order valence-corrected chi connectivity index (χ2v) is 7.69. The van der Waals surface area contributed by atoms with Gasteiger partial charge in [0.2, 0.25) is 0 Å². The molecule has 0 aliphatic heterocycles. The highest BCUT2D eigenvalue weighted by Crippen LogP contribution is 2.17. The number of hydrogen-bond donors (Lipinski definition) is 2. The monoisotopic (exact) mass is 386 g/mol. The first-order chi connectivity index (χ1) is 12.2. The lowest BCUT2D eigenvalue weighted by Gasteiger charge is -2.18. The molecule has 1 rings (SSSR count). The Morgan fingerprint density at radius 2 is 1.85 bits per heavy atom. The van der Waals surface area contributed by atoms with E-state index in [4.69, 9.17) is 9.47 Å². The van der Waals surface area contributed by atoms with Gasteiger partial charge in [0.25, 0.3) is 11.8 Å². The number of nitrogens with one attached hydrogen (secondary N) is 2. The highest BCUT2D eigenvalue weighted by Gasteiger charge is 2.26. The minimum absolute atomic E-state index is 0.179. The zero-order chi connectivity index (χ0) is 19.7. The Labute approximate surface area is 152 Å². The van der Waals surface area contributed by atoms with Crippen LogP contribution in [0.1, 0.15) is 16.8 Å². The van der Waals surface area contributed by atoms with Gasteiger partial charge in [-0.1, -0.05) is 12.1 Å². The molecule has 0 bridgehead atoms. The molecule has 0 saturated heterocycles. The molecule has 1 aromatic rings. The van der Waals surface area contributed by atoms with Crippen LogP contribution in [-0.2, 0) is 24.2 Å². The van der Waals surface area contributed by atoms with Gasteiger partial charge in [-0.05, 0) is 18.6 Å². The van der Waals surface area contributed by atoms with Gasteiger partial charge in [-0.15, -0.1) is 0 Å². The SMILES string of the molecule is CNC(=O)COC(=O)[C@@H](CCS(C)(=O)=O)NC(=O)c1ccccc1OC. The number of methoxy groups -OCH3 is 1. The summed E-state index contributed by atoms with van der Waals surface area (Å²) in [6, 6.07) is 5.13. The predicted octanol–water partition coefficient (Wildman–Crippen LogP) is -0.482. The van der Waals surface area contributed by atoms with Gasteiger partial charge in [0.1, 0.15) is 21.6 Å². The van der Waals surface area contributed by atoms with E-state index in [1.54, 1.807) is 18.2 Å². The summed E-state index contributed by atoms with van der Waals surface area (Å²) in [5.74, 6) is -2.10. The summed E-state index contributed by atoms with van der Waals surface area (Å²) in [6.07, 6.45) is 0.828. The van der Waals surface area contributed by atoms with Gasteiger partial charge in [0.15, 0.2) is 6.61 Å². The average Bonchev–Trinajstić information content (AvgIpc) is 2.61. The van der Waals surface area contributed by atoms with Crippen LogP contribution >= 0.6 is 0 Å². The number of rotatable bonds is 9. The number of amides is 2. The minimum atomic E-state index is -3.36. The maximum absolute atomic E-state index is 12.4. The minimum Gasteiger partial charge on any atom is -0.496 e. The Morgan fingerprint density at radius 1 is 1.19 bits per heavy atom. The van der Waals surface area contributed by atoms with Crippen LogP contribution in [0.4, 0.5) is 0 Å². The third-order valence-corrected chi connectivity index (χ3v) is 4.32. The summed E-state index contributed by atoms with van der Waals surface area (Å²) < 4.78 is 32.7. The summed E-state index contributed by atoms with van der Waals surface area (Å²) in [4.78, 5) is 35.8. The zero-order valence-corrected chi connectivity index (χ0v) is 15.6. The van der Waals surface area contributed by atoms with Crippen molar-refractivity contribution in [2.75, 3.05) is 32.8 Å². The number of hydrogen-bond acceptors (Lipinski definition) is 7. The lowest BCUT2D eigenvalue weighted by Crippen LogP contribution is -2.44. The molecule has 1 atom stereocenters. The van der Waals surface area contributed by atoms with Gasteiger partial charge in [-0.3, -0.25) is 9.59 Å². The van der Waals surface area contributed by atoms with Crippen LogP contribution in [0.2, 0.25) is 0 Å². The fourth-order valence-electron chi connectivity index (χ4n) is 1.96. The van der Waals surface area contributed by atoms with E-state index in [9.17, 15) is 22.8 Å². The standard InChI is InChI=1S/C16H22N2O7S/c1-17-14(19)10-25-16(21)12(8-9-26(3,22)23)18-15(20)11-6-4-5-7-13(11)24-2/h4-7,12H,8-10H2,1-3H3,(H,17,19)(H,18,20)/t12-/m1/s1. The molecule has 0 aliphatic rings. The smallest absolute Gasteiger partial charge is 0.329 e. The van der Waals surface area contributed by atoms with Crippen molar-refractivity contribution in [2.24, 2.45) is 0 Å². The molecule has 0 aromatic heterocycles. The first-order valence-corrected chi connectivity index (χ1v) is 9.72. The van der Waals surface area contributed by atoms with Crippen molar-refractivity contribution in [1.29, 1.82) is 0 Å². The number of ether oxygens (including phenoxy) is 2. The van der Waals surface area contributed by atoms with E-state index in [0.29, 0.717) is 5.75 Å². The van der Waals surface area contributed by atoms with E-state index in [0.717, 1.165) is 6.26 Å². The number of para-hydroxylation sites is 1. The molecule has 9 nitrogen and oxygen atoms in total. The number of esters is 1. The van der Waals surface area contributed by atoms with E-state index in [-0.39, 0.29) is 17.7 Å². The summed E-state index contributed by atoms with van der Waals surface area (Å²) in [6.45, 7) is -0.533. The average molecular weight is 386 g/mol. The Morgan fingerprint density at radius 3 is 2.42 bits per heavy atom. The Balaban J connectivity index is 2.91. The first kappa shape index (κ1) is 21.4. The molecule has 2 amide bonds. The van der Waals surface area contributed by atoms with E-state index in [2.05, 4.69) is 10.6 Å². The molecule has 0 spiro atoms. The van der Waals surface area contributed by atoms with Crippen LogP contribution in [0.3, 0.4) is 0 Å². The quantitative estimate of drug-likeness (QED) is 0.549. The molecule has 0 heterocycles. The van der Waals surface area contributed by atoms with Gasteiger partial charge in [-0.2, -0.15) is 0 Å². The van der Waals surface area contributed by atoms with Gasteiger partial charge in [-0.25, -0.2) is 13.2 Å². The van der Waals surface area contributed by atoms with Crippen molar-refractivity contribution in [3.05, 3.63) is 29.8 Å². The van der Waals surface area contributed by atoms with E-state index in [1.165, 1.54) is 20.2 Å². The summed E-state index contributed by atoms with van der Waals surface area (Å²) in [5, 5.41) is 4.71. The van der Waals surface area contributed by atoms with Crippen molar-refractivity contribution < 1.29 is 32.3 Å². The van der Waals surface area contributed by atoms with Crippen molar-refractivity contribution in [3.8, 4) is 5.75 Å². The molecule has 10 heteroatoms. The first-order valence-electron chi connectivity index (χ1n) is 7.66. The number of carbonyl (C=O) groups excluding carboxylic acids is 3. The highest BCUT2D eigenvalue weighted by atomic mass is 32.2. The molecule has 0 unspecified atom stereocenters. The molecule has 0 fully saturated rings. The second-order valence-electron chi connectivity index (χ2n) is 5.43. The van der Waals surface area contributed by atoms with Crippen LogP contribution in [0.15, 0.2) is 24.3 Å². The fraction of sp³-hybridized carbons (Fsp3) is 0.438. The summed E-state index contributed by atoms with van der Waals surface area (Å²) in [7, 11) is -0.595. The van der Waals surface area contributed by atoms with Crippen LogP contribution in [-0.4, -0.2) is 65.0 Å². The van der Waals surface area contributed by atoms with Crippen molar-refractivity contribution in [2.45, 2.75) is 12.5 Å². The predicted molar refractivity (Wildman–Crippen MR) is 93.6 cm³/mol. The maximum Gasteiger partial charge on any atom is 0.329 e. The van der Waals surface area contributed by atoms with Gasteiger partial charge < -0.3 is 20.1 Å². The topological polar surface area (TPSA) is 128 Å². The van der Waals surface area contributed by atoms with Crippen molar-refractivity contribution in [1.82, 2.24) is 10.6 Å². The molecule has 0 saturated carbocycles. The van der Waals surface area contributed by atoms with Crippen LogP contribution in [0, 0.1) is 0 Å². The van der Waals surface area contributed by atoms with Crippen LogP contribution < -0.4 is 15.4 Å². The van der Waals surface area contributed by atoms with E-state index in [1.807, 2.05) is 0 Å². The Bertz CT molecular complexity index is 762. The number of carbonyl (C=O) groups is 3. The fourth-order valence-corrected chi connectivity index (χ4v) is 2.62. The lowest BCUT2D eigenvalue weighted by atomic mass is 10.1. The molecule has 144 valence electrons. The molecule has 1 aromatic carbocycles. The van der Waals surface area contributed by atoms with E-state index >= 15 is 0 Å². The molecular weight excluding hydrogens is 364 g/mol. The molecular formula is C16H22N2O7S. The Kier molecular flexibility index (Phi) is 8.04. The third-order valence-electron chi connectivity index (χ3n) is 3.34. The maximum atomic E-state index is 12.4. The highest BCUT2D eigenvalue weighted by molar-refractivity contribution is 7.90. The normalized spacial score (nSPS) is 12.0. The van der Waals surface area contributed by atoms with Gasteiger partial charge >= 0.3 is 5.97 Å². The van der Waals surface area contributed by atoms with Gasteiger partial charge in [0.05, 0.1) is 18.4 Å². The number of likely N-dealkylation sites (N-methyl/N-ethyl adjacent to an activating group) is 1. The van der Waals surface area contributed by atoms with Crippen molar-refractivity contribution in [3.63, 3.8) is 0 Å². The summed E-state index contributed by atoms with van der Waals surface area (Å²) >= 11 is 0.